The van der Waals surface area contributed by atoms with E-state index in [0.29, 0.717) is 11.7 Å². The van der Waals surface area contributed by atoms with Crippen LogP contribution in [0.1, 0.15) is 19.3 Å². The lowest BCUT2D eigenvalue weighted by atomic mass is 9.93. The first kappa shape index (κ1) is 27.1. The highest BCUT2D eigenvalue weighted by atomic mass is 35.5. The van der Waals surface area contributed by atoms with Crippen LogP contribution >= 0.6 is 23.2 Å². The van der Waals surface area contributed by atoms with Gasteiger partial charge in [-0.15, -0.1) is 0 Å². The van der Waals surface area contributed by atoms with E-state index in [1.54, 1.807) is 0 Å². The fourth-order valence-electron chi connectivity index (χ4n) is 3.53. The Morgan fingerprint density at radius 3 is 2.25 bits per heavy atom. The molecule has 1 heterocycles. The number of benzene rings is 1. The molecule has 0 atom stereocenters. The zero-order chi connectivity index (χ0) is 23.9. The summed E-state index contributed by atoms with van der Waals surface area (Å²) in [7, 11) is 3.06. The predicted octanol–water partition coefficient (Wildman–Crippen LogP) is 2.83. The van der Waals surface area contributed by atoms with Gasteiger partial charge in [0.2, 0.25) is 15.9 Å². The Morgan fingerprint density at radius 2 is 1.72 bits per heavy atom. The normalized spacial score (nSPS) is 15.6. The molecule has 11 heteroatoms. The molecule has 32 heavy (non-hydrogen) atoms. The number of carbonyl (C=O) groups is 1. The topological polar surface area (TPSA) is 79.4 Å². The standard InChI is InChI=1S/C21H33Cl2N3O5S/c1-24(2)8-5-16-6-9-26(10-7-16)20(27)15-31-12-11-25(3)32(28,29)21-18(22)13-17(30-4)14-19(21)23/h13-14,16H,5-12,15H2,1-4H3. The Labute approximate surface area is 201 Å². The molecule has 1 saturated heterocycles. The van der Waals surface area contributed by atoms with E-state index in [4.69, 9.17) is 32.7 Å². The summed E-state index contributed by atoms with van der Waals surface area (Å²) < 4.78 is 37.3. The summed E-state index contributed by atoms with van der Waals surface area (Å²) in [5.74, 6) is 0.950. The van der Waals surface area contributed by atoms with E-state index >= 15 is 0 Å². The van der Waals surface area contributed by atoms with Crippen molar-refractivity contribution in [3.8, 4) is 5.75 Å². The summed E-state index contributed by atoms with van der Waals surface area (Å²) in [6.07, 6.45) is 3.16. The summed E-state index contributed by atoms with van der Waals surface area (Å²) in [4.78, 5) is 16.2. The third-order valence-electron chi connectivity index (χ3n) is 5.60. The van der Waals surface area contributed by atoms with Crippen LogP contribution in [0.25, 0.3) is 0 Å². The number of hydrogen-bond donors (Lipinski definition) is 0. The molecule has 0 unspecified atom stereocenters. The average molecular weight is 510 g/mol. The molecule has 0 aromatic heterocycles. The zero-order valence-electron chi connectivity index (χ0n) is 19.1. The molecular formula is C21H33Cl2N3O5S. The van der Waals surface area contributed by atoms with Gasteiger partial charge < -0.3 is 19.3 Å². The van der Waals surface area contributed by atoms with Gasteiger partial charge in [-0.1, -0.05) is 23.2 Å². The molecule has 1 aliphatic heterocycles. The van der Waals surface area contributed by atoms with Crippen molar-refractivity contribution in [1.29, 1.82) is 0 Å². The molecule has 8 nitrogen and oxygen atoms in total. The Balaban J connectivity index is 1.78. The van der Waals surface area contributed by atoms with Gasteiger partial charge in [0.05, 0.1) is 23.8 Å². The number of amides is 1. The average Bonchev–Trinajstić information content (AvgIpc) is 2.74. The second kappa shape index (κ2) is 12.4. The molecule has 0 spiro atoms. The monoisotopic (exact) mass is 509 g/mol. The minimum Gasteiger partial charge on any atom is -0.497 e. The number of piperidine rings is 1. The molecular weight excluding hydrogens is 477 g/mol. The second-order valence-corrected chi connectivity index (χ2v) is 11.0. The van der Waals surface area contributed by atoms with Crippen molar-refractivity contribution in [3.63, 3.8) is 0 Å². The SMILES string of the molecule is COc1cc(Cl)c(S(=O)(=O)N(C)CCOCC(=O)N2CCC(CCN(C)C)CC2)c(Cl)c1. The van der Waals surface area contributed by atoms with Crippen LogP contribution < -0.4 is 4.74 Å². The first-order chi connectivity index (χ1) is 15.1. The molecule has 0 radical (unpaired) electrons. The van der Waals surface area contributed by atoms with E-state index in [1.165, 1.54) is 26.3 Å². The van der Waals surface area contributed by atoms with Gasteiger partial charge in [0.15, 0.2) is 0 Å². The number of likely N-dealkylation sites (tertiary alicyclic amines) is 1. The lowest BCUT2D eigenvalue weighted by molar-refractivity contribution is -0.137. The van der Waals surface area contributed by atoms with Crippen molar-refractivity contribution in [2.45, 2.75) is 24.2 Å². The Kier molecular flexibility index (Phi) is 10.5. The van der Waals surface area contributed by atoms with Gasteiger partial charge in [-0.3, -0.25) is 4.79 Å². The van der Waals surface area contributed by atoms with Gasteiger partial charge in [0.25, 0.3) is 0 Å². The largest absolute Gasteiger partial charge is 0.497 e. The van der Waals surface area contributed by atoms with Crippen LogP contribution in [-0.2, 0) is 19.6 Å². The number of ether oxygens (including phenoxy) is 2. The number of sulfonamides is 1. The van der Waals surface area contributed by atoms with Crippen molar-refractivity contribution in [2.75, 3.05) is 67.6 Å². The van der Waals surface area contributed by atoms with E-state index in [-0.39, 0.29) is 40.6 Å². The molecule has 0 bridgehead atoms. The third kappa shape index (κ3) is 7.46. The Bertz CT molecular complexity index is 851. The van der Waals surface area contributed by atoms with Crippen LogP contribution in [0.5, 0.6) is 5.75 Å². The van der Waals surface area contributed by atoms with Gasteiger partial charge in [-0.2, -0.15) is 4.31 Å². The third-order valence-corrected chi connectivity index (χ3v) is 8.38. The Hall–Kier alpha value is -1.10. The summed E-state index contributed by atoms with van der Waals surface area (Å²) in [5, 5.41) is -0.0439. The maximum absolute atomic E-state index is 12.9. The summed E-state index contributed by atoms with van der Waals surface area (Å²) in [5.41, 5.74) is 0. The highest BCUT2D eigenvalue weighted by Crippen LogP contribution is 2.35. The van der Waals surface area contributed by atoms with Crippen LogP contribution in [0.4, 0.5) is 0 Å². The van der Waals surface area contributed by atoms with Gasteiger partial charge in [-0.25, -0.2) is 8.42 Å². The molecule has 182 valence electrons. The molecule has 1 fully saturated rings. The van der Waals surface area contributed by atoms with Gasteiger partial charge >= 0.3 is 0 Å². The van der Waals surface area contributed by atoms with Gasteiger partial charge in [0.1, 0.15) is 17.3 Å². The van der Waals surface area contributed by atoms with Gasteiger partial charge in [0, 0.05) is 38.8 Å². The first-order valence-electron chi connectivity index (χ1n) is 10.6. The second-order valence-electron chi connectivity index (χ2n) is 8.22. The number of nitrogens with zero attached hydrogens (tertiary/aromatic N) is 3. The van der Waals surface area contributed by atoms with Crippen molar-refractivity contribution < 1.29 is 22.7 Å². The molecule has 0 saturated carbocycles. The summed E-state index contributed by atoms with van der Waals surface area (Å²) >= 11 is 12.2. The molecule has 1 aromatic rings. The fraction of sp³-hybridized carbons (Fsp3) is 0.667. The van der Waals surface area contributed by atoms with E-state index in [1.807, 2.05) is 4.90 Å². The first-order valence-corrected chi connectivity index (χ1v) is 12.8. The number of rotatable bonds is 11. The summed E-state index contributed by atoms with van der Waals surface area (Å²) in [6, 6.07) is 2.79. The lowest BCUT2D eigenvalue weighted by Gasteiger charge is -2.32. The lowest BCUT2D eigenvalue weighted by Crippen LogP contribution is -2.41. The van der Waals surface area contributed by atoms with Crippen LogP contribution in [0.2, 0.25) is 10.0 Å². The van der Waals surface area contributed by atoms with Crippen LogP contribution in [-0.4, -0.2) is 96.1 Å². The molecule has 2 rings (SSSR count). The maximum atomic E-state index is 12.9. The van der Waals surface area contributed by atoms with Crippen molar-refractivity contribution in [1.82, 2.24) is 14.1 Å². The molecule has 0 aliphatic carbocycles. The van der Waals surface area contributed by atoms with Gasteiger partial charge in [-0.05, 0) is 45.8 Å². The van der Waals surface area contributed by atoms with Crippen molar-refractivity contribution in [3.05, 3.63) is 22.2 Å². The quantitative estimate of drug-likeness (QED) is 0.426. The minimum absolute atomic E-state index is 0.0220. The van der Waals surface area contributed by atoms with E-state index < -0.39 is 10.0 Å². The van der Waals surface area contributed by atoms with Crippen molar-refractivity contribution >= 4 is 39.1 Å². The maximum Gasteiger partial charge on any atom is 0.248 e. The molecule has 1 amide bonds. The number of hydrogen-bond acceptors (Lipinski definition) is 6. The van der Waals surface area contributed by atoms with E-state index in [0.717, 1.165) is 43.2 Å². The van der Waals surface area contributed by atoms with E-state index in [9.17, 15) is 13.2 Å². The highest BCUT2D eigenvalue weighted by Gasteiger charge is 2.28. The fourth-order valence-corrected chi connectivity index (χ4v) is 5.82. The predicted molar refractivity (Wildman–Crippen MR) is 126 cm³/mol. The number of halogens is 2. The summed E-state index contributed by atoms with van der Waals surface area (Å²) in [6.45, 7) is 2.60. The van der Waals surface area contributed by atoms with Crippen molar-refractivity contribution in [2.24, 2.45) is 5.92 Å². The number of carbonyl (C=O) groups excluding carboxylic acids is 1. The Morgan fingerprint density at radius 1 is 1.12 bits per heavy atom. The molecule has 1 aliphatic rings. The van der Waals surface area contributed by atoms with E-state index in [2.05, 4.69) is 19.0 Å². The van der Waals surface area contributed by atoms with Crippen LogP contribution in [0.3, 0.4) is 0 Å². The molecule has 0 N–H and O–H groups in total. The number of likely N-dealkylation sites (N-methyl/N-ethyl adjacent to an activating group) is 1. The highest BCUT2D eigenvalue weighted by molar-refractivity contribution is 7.89. The smallest absolute Gasteiger partial charge is 0.248 e. The minimum atomic E-state index is -3.93. The number of methoxy groups -OCH3 is 1. The van der Waals surface area contributed by atoms with Crippen LogP contribution in [0, 0.1) is 5.92 Å². The van der Waals surface area contributed by atoms with Crippen LogP contribution in [0.15, 0.2) is 17.0 Å². The molecule has 1 aromatic carbocycles. The zero-order valence-corrected chi connectivity index (χ0v) is 21.5.